The molecule has 208 valence electrons. The molecular weight excluding hydrogens is 538 g/mol. The topological polar surface area (TPSA) is 117 Å². The summed E-state index contributed by atoms with van der Waals surface area (Å²) in [6, 6.07) is 10.7. The largest absolute Gasteiger partial charge is 0.481 e. The molecule has 3 N–H and O–H groups in total. The Labute approximate surface area is 235 Å². The van der Waals surface area contributed by atoms with Crippen LogP contribution in [-0.4, -0.2) is 40.7 Å². The Kier molecular flexibility index (Phi) is 9.83. The lowest BCUT2D eigenvalue weighted by Crippen LogP contribution is -2.52. The zero-order chi connectivity index (χ0) is 27.8. The third-order valence-corrected chi connectivity index (χ3v) is 8.27. The SMILES string of the molecule is CCCC[C@H](NC(=O)N[C@@H](c1ccc2c(c1)OCO2)C(C)C(=O)O)C(=O)N(Cc1cccs1)Cc1cccs1. The third kappa shape index (κ3) is 7.51. The van der Waals surface area contributed by atoms with E-state index in [4.69, 9.17) is 9.47 Å². The number of fused-ring (bicyclic) bond motifs is 1. The van der Waals surface area contributed by atoms with Crippen LogP contribution in [0, 0.1) is 5.92 Å². The van der Waals surface area contributed by atoms with E-state index in [1.165, 1.54) is 6.92 Å². The summed E-state index contributed by atoms with van der Waals surface area (Å²) in [5.74, 6) is -1.12. The average Bonchev–Trinajstić information content (AvgIpc) is 3.71. The molecule has 3 heterocycles. The van der Waals surface area contributed by atoms with E-state index < -0.39 is 30.0 Å². The molecule has 11 heteroatoms. The minimum atomic E-state index is -1.06. The maximum atomic E-state index is 13.8. The molecular formula is C28H33N3O6S2. The van der Waals surface area contributed by atoms with Crippen molar-refractivity contribution in [2.75, 3.05) is 6.79 Å². The van der Waals surface area contributed by atoms with Crippen LogP contribution in [0.15, 0.2) is 53.2 Å². The van der Waals surface area contributed by atoms with Crippen LogP contribution in [-0.2, 0) is 22.7 Å². The molecule has 2 aromatic heterocycles. The van der Waals surface area contributed by atoms with E-state index in [0.717, 1.165) is 22.6 Å². The van der Waals surface area contributed by atoms with Gasteiger partial charge in [-0.2, -0.15) is 0 Å². The monoisotopic (exact) mass is 571 g/mol. The molecule has 0 aliphatic carbocycles. The number of carboxylic acids is 1. The maximum absolute atomic E-state index is 13.8. The fourth-order valence-corrected chi connectivity index (χ4v) is 5.81. The highest BCUT2D eigenvalue weighted by molar-refractivity contribution is 7.10. The Morgan fingerprint density at radius 3 is 2.26 bits per heavy atom. The second-order valence-corrected chi connectivity index (χ2v) is 11.4. The number of hydrogen-bond donors (Lipinski definition) is 3. The highest BCUT2D eigenvalue weighted by atomic mass is 32.1. The molecule has 1 aliphatic rings. The van der Waals surface area contributed by atoms with Crippen LogP contribution >= 0.6 is 22.7 Å². The predicted molar refractivity (Wildman–Crippen MR) is 150 cm³/mol. The fraction of sp³-hybridized carbons (Fsp3) is 0.393. The van der Waals surface area contributed by atoms with Crippen molar-refractivity contribution in [3.8, 4) is 11.5 Å². The minimum absolute atomic E-state index is 0.0838. The number of carboxylic acid groups (broad SMARTS) is 1. The van der Waals surface area contributed by atoms with Gasteiger partial charge in [0.2, 0.25) is 12.7 Å². The minimum Gasteiger partial charge on any atom is -0.481 e. The lowest BCUT2D eigenvalue weighted by atomic mass is 9.94. The van der Waals surface area contributed by atoms with Gasteiger partial charge in [0.05, 0.1) is 25.0 Å². The standard InChI is InChI=1S/C28H33N3O6S2/c1-3-4-9-22(26(32)31(15-20-7-5-12-38-20)16-21-8-6-13-39-21)29-28(35)30-25(18(2)27(33)34)19-10-11-23-24(14-19)37-17-36-23/h5-8,10-14,18,22,25H,3-4,9,15-17H2,1-2H3,(H,33,34)(H2,29,30,35)/t18?,22-,25+/m0/s1. The van der Waals surface area contributed by atoms with Crippen LogP contribution in [0.2, 0.25) is 0 Å². The average molecular weight is 572 g/mol. The number of unbranched alkanes of at least 4 members (excludes halogenated alkanes) is 1. The van der Waals surface area contributed by atoms with Gasteiger partial charge in [-0.3, -0.25) is 9.59 Å². The fourth-order valence-electron chi connectivity index (χ4n) is 4.37. The number of nitrogens with zero attached hydrogens (tertiary/aromatic N) is 1. The van der Waals surface area contributed by atoms with Crippen LogP contribution in [0.3, 0.4) is 0 Å². The van der Waals surface area contributed by atoms with Gasteiger partial charge in [0, 0.05) is 9.75 Å². The zero-order valence-corrected chi connectivity index (χ0v) is 23.6. The van der Waals surface area contributed by atoms with Crippen LogP contribution in [0.5, 0.6) is 11.5 Å². The number of aliphatic carboxylic acids is 1. The van der Waals surface area contributed by atoms with Crippen molar-refractivity contribution in [3.05, 3.63) is 68.5 Å². The number of carbonyl (C=O) groups is 3. The molecule has 1 aromatic carbocycles. The zero-order valence-electron chi connectivity index (χ0n) is 21.9. The van der Waals surface area contributed by atoms with Gasteiger partial charge in [-0.25, -0.2) is 4.79 Å². The molecule has 9 nitrogen and oxygen atoms in total. The lowest BCUT2D eigenvalue weighted by molar-refractivity contribution is -0.142. The van der Waals surface area contributed by atoms with E-state index in [1.54, 1.807) is 45.8 Å². The van der Waals surface area contributed by atoms with Crippen molar-refractivity contribution < 1.29 is 29.0 Å². The first-order valence-corrected chi connectivity index (χ1v) is 14.6. The van der Waals surface area contributed by atoms with E-state index in [0.29, 0.717) is 36.6 Å². The molecule has 1 unspecified atom stereocenters. The Bertz CT molecular complexity index is 1210. The Balaban J connectivity index is 1.52. The number of carbonyl (C=O) groups excluding carboxylic acids is 2. The number of urea groups is 1. The quantitative estimate of drug-likeness (QED) is 0.253. The van der Waals surface area contributed by atoms with Gasteiger partial charge in [-0.15, -0.1) is 22.7 Å². The Hall–Kier alpha value is -3.57. The smallest absolute Gasteiger partial charge is 0.315 e. The molecule has 0 fully saturated rings. The van der Waals surface area contributed by atoms with Crippen LogP contribution in [0.25, 0.3) is 0 Å². The van der Waals surface area contributed by atoms with Gasteiger partial charge in [0.15, 0.2) is 11.5 Å². The van der Waals surface area contributed by atoms with Gasteiger partial charge >= 0.3 is 12.0 Å². The summed E-state index contributed by atoms with van der Waals surface area (Å²) in [5.41, 5.74) is 0.567. The molecule has 39 heavy (non-hydrogen) atoms. The van der Waals surface area contributed by atoms with Gasteiger partial charge in [0.1, 0.15) is 6.04 Å². The molecule has 0 spiro atoms. The van der Waals surface area contributed by atoms with E-state index in [1.807, 2.05) is 41.9 Å². The van der Waals surface area contributed by atoms with Crippen molar-refractivity contribution in [2.45, 2.75) is 58.3 Å². The van der Waals surface area contributed by atoms with E-state index in [2.05, 4.69) is 10.6 Å². The molecule has 4 rings (SSSR count). The second-order valence-electron chi connectivity index (χ2n) is 9.38. The van der Waals surface area contributed by atoms with Gasteiger partial charge in [0.25, 0.3) is 0 Å². The summed E-state index contributed by atoms with van der Waals surface area (Å²) in [6.07, 6.45) is 2.08. The van der Waals surface area contributed by atoms with E-state index in [-0.39, 0.29) is 12.7 Å². The van der Waals surface area contributed by atoms with Crippen LogP contribution in [0.4, 0.5) is 4.79 Å². The number of benzene rings is 1. The summed E-state index contributed by atoms with van der Waals surface area (Å²) in [7, 11) is 0. The summed E-state index contributed by atoms with van der Waals surface area (Å²) in [5, 5.41) is 19.3. The molecule has 0 bridgehead atoms. The second kappa shape index (κ2) is 13.5. The van der Waals surface area contributed by atoms with Gasteiger partial charge in [-0.05, 0) is 53.9 Å². The number of hydrogen-bond acceptors (Lipinski definition) is 7. The third-order valence-electron chi connectivity index (χ3n) is 6.55. The summed E-state index contributed by atoms with van der Waals surface area (Å²) < 4.78 is 10.8. The summed E-state index contributed by atoms with van der Waals surface area (Å²) in [4.78, 5) is 42.9. The predicted octanol–water partition coefficient (Wildman–Crippen LogP) is 5.39. The van der Waals surface area contributed by atoms with Crippen molar-refractivity contribution in [1.82, 2.24) is 15.5 Å². The molecule has 0 saturated heterocycles. The number of ether oxygens (including phenoxy) is 2. The molecule has 0 radical (unpaired) electrons. The maximum Gasteiger partial charge on any atom is 0.315 e. The number of rotatable bonds is 13. The van der Waals surface area contributed by atoms with E-state index in [9.17, 15) is 19.5 Å². The molecule has 1 aliphatic heterocycles. The van der Waals surface area contributed by atoms with E-state index >= 15 is 0 Å². The summed E-state index contributed by atoms with van der Waals surface area (Å²) in [6.45, 7) is 4.52. The van der Waals surface area contributed by atoms with Crippen LogP contribution < -0.4 is 20.1 Å². The first-order chi connectivity index (χ1) is 18.9. The first-order valence-electron chi connectivity index (χ1n) is 12.9. The van der Waals surface area contributed by atoms with Gasteiger partial charge in [-0.1, -0.05) is 38.0 Å². The molecule has 3 atom stereocenters. The molecule has 3 aromatic rings. The Morgan fingerprint density at radius 1 is 1.00 bits per heavy atom. The highest BCUT2D eigenvalue weighted by Gasteiger charge is 2.31. The molecule has 0 saturated carbocycles. The van der Waals surface area contributed by atoms with Crippen LogP contribution in [0.1, 0.15) is 54.5 Å². The first kappa shape index (κ1) is 28.4. The van der Waals surface area contributed by atoms with Crippen molar-refractivity contribution in [1.29, 1.82) is 0 Å². The van der Waals surface area contributed by atoms with Crippen molar-refractivity contribution in [3.63, 3.8) is 0 Å². The van der Waals surface area contributed by atoms with Crippen molar-refractivity contribution in [2.24, 2.45) is 5.92 Å². The summed E-state index contributed by atoms with van der Waals surface area (Å²) >= 11 is 3.16. The van der Waals surface area contributed by atoms with Gasteiger partial charge < -0.3 is 30.1 Å². The Morgan fingerprint density at radius 2 is 1.67 bits per heavy atom. The number of nitrogens with one attached hydrogen (secondary N) is 2. The number of thiophene rings is 2. The number of amides is 3. The normalized spacial score (nSPS) is 14.3. The lowest BCUT2D eigenvalue weighted by Gasteiger charge is -2.29. The highest BCUT2D eigenvalue weighted by Crippen LogP contribution is 2.36. The van der Waals surface area contributed by atoms with Crippen molar-refractivity contribution >= 4 is 40.6 Å². The molecule has 3 amide bonds.